The summed E-state index contributed by atoms with van der Waals surface area (Å²) < 4.78 is 16.6. The molecule has 0 aliphatic rings. The van der Waals surface area contributed by atoms with Crippen LogP contribution in [0.1, 0.15) is 239 Å². The molecule has 0 aliphatic carbocycles. The second-order valence-electron chi connectivity index (χ2n) is 15.7. The van der Waals surface area contributed by atoms with Gasteiger partial charge in [-0.15, -0.1) is 0 Å². The summed E-state index contributed by atoms with van der Waals surface area (Å²) in [6.45, 7) is 6.54. The van der Waals surface area contributed by atoms with Crippen molar-refractivity contribution >= 4 is 17.9 Å². The number of allylic oxidation sites excluding steroid dienone is 6. The van der Waals surface area contributed by atoms with Crippen LogP contribution in [0.25, 0.3) is 0 Å². The lowest BCUT2D eigenvalue weighted by molar-refractivity contribution is -0.167. The monoisotopic (exact) mass is 773 g/mol. The quantitative estimate of drug-likeness (QED) is 0.0266. The largest absolute Gasteiger partial charge is 0.462 e. The smallest absolute Gasteiger partial charge is 0.306 e. The number of hydrogen-bond donors (Lipinski definition) is 0. The Bertz CT molecular complexity index is 938. The summed E-state index contributed by atoms with van der Waals surface area (Å²) in [6.07, 6.45) is 50.0. The molecule has 1 unspecified atom stereocenters. The van der Waals surface area contributed by atoms with Gasteiger partial charge in [0.2, 0.25) is 0 Å². The molecule has 0 aromatic carbocycles. The lowest BCUT2D eigenvalue weighted by Gasteiger charge is -2.18. The summed E-state index contributed by atoms with van der Waals surface area (Å²) >= 11 is 0. The zero-order valence-corrected chi connectivity index (χ0v) is 36.4. The van der Waals surface area contributed by atoms with Gasteiger partial charge in [0.1, 0.15) is 13.2 Å². The zero-order chi connectivity index (χ0) is 40.1. The van der Waals surface area contributed by atoms with Crippen molar-refractivity contribution in [2.75, 3.05) is 13.2 Å². The van der Waals surface area contributed by atoms with Gasteiger partial charge in [0.05, 0.1) is 0 Å². The van der Waals surface area contributed by atoms with Crippen LogP contribution in [0.3, 0.4) is 0 Å². The molecule has 320 valence electrons. The Morgan fingerprint density at radius 1 is 0.364 bits per heavy atom. The molecule has 0 amide bonds. The van der Waals surface area contributed by atoms with Gasteiger partial charge in [-0.1, -0.05) is 179 Å². The zero-order valence-electron chi connectivity index (χ0n) is 36.4. The Kier molecular flexibility index (Phi) is 42.4. The van der Waals surface area contributed by atoms with Crippen molar-refractivity contribution < 1.29 is 28.6 Å². The fraction of sp³-hybridized carbons (Fsp3) is 0.816. The highest BCUT2D eigenvalue weighted by Gasteiger charge is 2.19. The van der Waals surface area contributed by atoms with Gasteiger partial charge in [-0.3, -0.25) is 14.4 Å². The van der Waals surface area contributed by atoms with Crippen LogP contribution in [-0.4, -0.2) is 37.2 Å². The second-order valence-corrected chi connectivity index (χ2v) is 15.7. The fourth-order valence-corrected chi connectivity index (χ4v) is 6.52. The summed E-state index contributed by atoms with van der Waals surface area (Å²) in [7, 11) is 0. The molecule has 0 N–H and O–H groups in total. The van der Waals surface area contributed by atoms with E-state index in [0.717, 1.165) is 89.9 Å². The molecular weight excluding hydrogens is 685 g/mol. The highest BCUT2D eigenvalue weighted by atomic mass is 16.6. The molecule has 0 spiro atoms. The standard InChI is InChI=1S/C49H88O6/c1-4-7-10-13-16-18-20-22-24-26-27-29-31-33-36-39-42-48(51)54-45-46(44-53-47(50)41-38-35-15-12-9-6-3)55-49(52)43-40-37-34-32-30-28-25-23-21-19-17-14-11-8-5-2/h18,20,23-26,46H,4-17,19,21-22,27-45H2,1-3H3/b20-18-,25-23-,26-24-. The van der Waals surface area contributed by atoms with Crippen LogP contribution in [0.4, 0.5) is 0 Å². The van der Waals surface area contributed by atoms with Gasteiger partial charge in [-0.2, -0.15) is 0 Å². The topological polar surface area (TPSA) is 78.9 Å². The van der Waals surface area contributed by atoms with Gasteiger partial charge in [-0.05, 0) is 77.0 Å². The van der Waals surface area contributed by atoms with Crippen molar-refractivity contribution in [1.82, 2.24) is 0 Å². The van der Waals surface area contributed by atoms with E-state index in [4.69, 9.17) is 14.2 Å². The molecule has 0 fully saturated rings. The SMILES string of the molecule is CCCCCC/C=C\C/C=C\CCCCCCCC(=O)OCC(COC(=O)CCCCCCCC)OC(=O)CCCCCCC/C=C\CCCCCCCC. The van der Waals surface area contributed by atoms with E-state index < -0.39 is 6.10 Å². The van der Waals surface area contributed by atoms with Crippen LogP contribution in [0.5, 0.6) is 0 Å². The number of carbonyl (C=O) groups is 3. The molecule has 0 radical (unpaired) electrons. The fourth-order valence-electron chi connectivity index (χ4n) is 6.52. The minimum atomic E-state index is -0.776. The molecule has 1 atom stereocenters. The normalized spacial score (nSPS) is 12.3. The lowest BCUT2D eigenvalue weighted by atomic mass is 10.1. The van der Waals surface area contributed by atoms with Crippen LogP contribution < -0.4 is 0 Å². The van der Waals surface area contributed by atoms with Gasteiger partial charge >= 0.3 is 17.9 Å². The Morgan fingerprint density at radius 3 is 1.04 bits per heavy atom. The predicted octanol–water partition coefficient (Wildman–Crippen LogP) is 15.0. The Morgan fingerprint density at radius 2 is 0.655 bits per heavy atom. The predicted molar refractivity (Wildman–Crippen MR) is 233 cm³/mol. The molecule has 0 aromatic heterocycles. The first kappa shape index (κ1) is 52.6. The second kappa shape index (κ2) is 44.3. The molecule has 55 heavy (non-hydrogen) atoms. The van der Waals surface area contributed by atoms with Crippen molar-refractivity contribution in [3.63, 3.8) is 0 Å². The molecular formula is C49H88O6. The third kappa shape index (κ3) is 42.6. The van der Waals surface area contributed by atoms with Crippen molar-refractivity contribution in [1.29, 1.82) is 0 Å². The summed E-state index contributed by atoms with van der Waals surface area (Å²) in [5, 5.41) is 0. The molecule has 0 saturated heterocycles. The molecule has 0 heterocycles. The molecule has 0 rings (SSSR count). The number of unbranched alkanes of at least 4 members (excludes halogenated alkanes) is 25. The van der Waals surface area contributed by atoms with Gasteiger partial charge < -0.3 is 14.2 Å². The Hall–Kier alpha value is -2.37. The lowest BCUT2D eigenvalue weighted by Crippen LogP contribution is -2.30. The number of rotatable bonds is 42. The third-order valence-corrected chi connectivity index (χ3v) is 10.1. The van der Waals surface area contributed by atoms with Crippen molar-refractivity contribution in [2.45, 2.75) is 245 Å². The molecule has 6 heteroatoms. The summed E-state index contributed by atoms with van der Waals surface area (Å²) in [5.74, 6) is -0.909. The first-order valence-electron chi connectivity index (χ1n) is 23.5. The Balaban J connectivity index is 4.29. The van der Waals surface area contributed by atoms with E-state index in [1.165, 1.54) is 109 Å². The van der Waals surface area contributed by atoms with Crippen molar-refractivity contribution in [2.24, 2.45) is 0 Å². The van der Waals surface area contributed by atoms with E-state index in [9.17, 15) is 14.4 Å². The molecule has 0 bridgehead atoms. The highest BCUT2D eigenvalue weighted by molar-refractivity contribution is 5.71. The van der Waals surface area contributed by atoms with Crippen LogP contribution in [-0.2, 0) is 28.6 Å². The first-order chi connectivity index (χ1) is 27.0. The third-order valence-electron chi connectivity index (χ3n) is 10.1. The van der Waals surface area contributed by atoms with E-state index in [2.05, 4.69) is 57.2 Å². The molecule has 0 aromatic rings. The molecule has 0 aliphatic heterocycles. The van der Waals surface area contributed by atoms with E-state index in [1.54, 1.807) is 0 Å². The maximum absolute atomic E-state index is 12.7. The van der Waals surface area contributed by atoms with Gasteiger partial charge in [0.25, 0.3) is 0 Å². The van der Waals surface area contributed by atoms with Gasteiger partial charge in [-0.25, -0.2) is 0 Å². The molecule has 6 nitrogen and oxygen atoms in total. The maximum atomic E-state index is 12.7. The van der Waals surface area contributed by atoms with Crippen LogP contribution in [0, 0.1) is 0 Å². The van der Waals surface area contributed by atoms with Gasteiger partial charge in [0, 0.05) is 19.3 Å². The van der Waals surface area contributed by atoms with Crippen LogP contribution >= 0.6 is 0 Å². The Labute approximate surface area is 340 Å². The maximum Gasteiger partial charge on any atom is 0.306 e. The van der Waals surface area contributed by atoms with E-state index in [-0.39, 0.29) is 31.1 Å². The van der Waals surface area contributed by atoms with Gasteiger partial charge in [0.15, 0.2) is 6.10 Å². The number of ether oxygens (including phenoxy) is 3. The average molecular weight is 773 g/mol. The van der Waals surface area contributed by atoms with Crippen molar-refractivity contribution in [3.8, 4) is 0 Å². The summed E-state index contributed by atoms with van der Waals surface area (Å²) in [5.41, 5.74) is 0. The van der Waals surface area contributed by atoms with E-state index in [1.807, 2.05) is 0 Å². The summed E-state index contributed by atoms with van der Waals surface area (Å²) in [4.78, 5) is 37.6. The number of esters is 3. The number of carbonyl (C=O) groups excluding carboxylic acids is 3. The number of hydrogen-bond acceptors (Lipinski definition) is 6. The van der Waals surface area contributed by atoms with Crippen LogP contribution in [0.15, 0.2) is 36.5 Å². The first-order valence-corrected chi connectivity index (χ1v) is 23.5. The minimum absolute atomic E-state index is 0.0795. The van der Waals surface area contributed by atoms with Crippen molar-refractivity contribution in [3.05, 3.63) is 36.5 Å². The van der Waals surface area contributed by atoms with Crippen LogP contribution in [0.2, 0.25) is 0 Å². The molecule has 0 saturated carbocycles. The highest BCUT2D eigenvalue weighted by Crippen LogP contribution is 2.13. The summed E-state index contributed by atoms with van der Waals surface area (Å²) in [6, 6.07) is 0. The minimum Gasteiger partial charge on any atom is -0.462 e. The van der Waals surface area contributed by atoms with E-state index in [0.29, 0.717) is 19.3 Å². The van der Waals surface area contributed by atoms with E-state index >= 15 is 0 Å². The average Bonchev–Trinajstić information content (AvgIpc) is 3.18.